The van der Waals surface area contributed by atoms with Crippen LogP contribution in [0, 0.1) is 0 Å². The van der Waals surface area contributed by atoms with Crippen LogP contribution in [0.2, 0.25) is 0 Å². The van der Waals surface area contributed by atoms with Crippen LogP contribution in [0.25, 0.3) is 0 Å². The van der Waals surface area contributed by atoms with E-state index in [9.17, 15) is 9.59 Å². The number of aliphatic carboxylic acids is 1. The number of methoxy groups -OCH3 is 1. The number of nitrogens with zero attached hydrogens (tertiary/aromatic N) is 2. The molecule has 1 aliphatic heterocycles. The average molecular weight is 279 g/mol. The first-order valence-electron chi connectivity index (χ1n) is 6.33. The molecule has 108 valence electrons. The summed E-state index contributed by atoms with van der Waals surface area (Å²) >= 11 is 0. The Morgan fingerprint density at radius 2 is 2.40 bits per heavy atom. The summed E-state index contributed by atoms with van der Waals surface area (Å²) in [6.45, 7) is 1.53. The van der Waals surface area contributed by atoms with Crippen LogP contribution in [0.5, 0.6) is 5.88 Å². The highest BCUT2D eigenvalue weighted by Crippen LogP contribution is 2.14. The van der Waals surface area contributed by atoms with Gasteiger partial charge in [0.1, 0.15) is 6.04 Å². The van der Waals surface area contributed by atoms with E-state index in [1.807, 2.05) is 17.0 Å². The van der Waals surface area contributed by atoms with Gasteiger partial charge in [-0.1, -0.05) is 6.07 Å². The molecule has 1 fully saturated rings. The number of rotatable bonds is 5. The lowest BCUT2D eigenvalue weighted by Gasteiger charge is -2.33. The number of carboxylic acid groups (broad SMARTS) is 1. The summed E-state index contributed by atoms with van der Waals surface area (Å²) in [5, 5.41) is 11.6. The summed E-state index contributed by atoms with van der Waals surface area (Å²) in [4.78, 5) is 28.8. The van der Waals surface area contributed by atoms with Crippen LogP contribution in [0.15, 0.2) is 18.2 Å². The lowest BCUT2D eigenvalue weighted by molar-refractivity contribution is -0.143. The molecule has 0 spiro atoms. The van der Waals surface area contributed by atoms with E-state index in [1.165, 1.54) is 7.11 Å². The summed E-state index contributed by atoms with van der Waals surface area (Å²) in [5.41, 5.74) is 0.745. The first-order chi connectivity index (χ1) is 9.60. The summed E-state index contributed by atoms with van der Waals surface area (Å²) in [5.74, 6) is -0.740. The van der Waals surface area contributed by atoms with Gasteiger partial charge in [0.25, 0.3) is 0 Å². The van der Waals surface area contributed by atoms with Gasteiger partial charge in [-0.2, -0.15) is 0 Å². The number of nitrogens with one attached hydrogen (secondary N) is 1. The second kappa shape index (κ2) is 6.33. The molecule has 7 nitrogen and oxygen atoms in total. The minimum absolute atomic E-state index is 0.212. The smallest absolute Gasteiger partial charge is 0.305 e. The number of carbonyl (C=O) groups excluding carboxylic acids is 1. The Morgan fingerprint density at radius 1 is 1.60 bits per heavy atom. The number of hydrogen-bond acceptors (Lipinski definition) is 5. The molecule has 1 aliphatic rings. The van der Waals surface area contributed by atoms with Crippen molar-refractivity contribution in [3.8, 4) is 5.88 Å². The molecule has 0 bridgehead atoms. The van der Waals surface area contributed by atoms with Crippen molar-refractivity contribution in [1.29, 1.82) is 0 Å². The number of amides is 1. The molecular formula is C13H17N3O4. The van der Waals surface area contributed by atoms with Crippen molar-refractivity contribution < 1.29 is 19.4 Å². The fourth-order valence-corrected chi connectivity index (χ4v) is 2.21. The van der Waals surface area contributed by atoms with Gasteiger partial charge in [-0.05, 0) is 6.07 Å². The molecule has 1 atom stereocenters. The van der Waals surface area contributed by atoms with Gasteiger partial charge >= 0.3 is 5.97 Å². The lowest BCUT2D eigenvalue weighted by Crippen LogP contribution is -2.55. The molecule has 0 aromatic carbocycles. The van der Waals surface area contributed by atoms with E-state index in [4.69, 9.17) is 9.84 Å². The van der Waals surface area contributed by atoms with E-state index in [0.717, 1.165) is 5.69 Å². The minimum atomic E-state index is -0.990. The normalized spacial score (nSPS) is 19.4. The zero-order valence-corrected chi connectivity index (χ0v) is 11.2. The molecule has 20 heavy (non-hydrogen) atoms. The van der Waals surface area contributed by atoms with Crippen molar-refractivity contribution in [2.24, 2.45) is 0 Å². The first kappa shape index (κ1) is 14.3. The van der Waals surface area contributed by atoms with Crippen LogP contribution in [0.4, 0.5) is 0 Å². The SMILES string of the molecule is COc1cccc(CN2CCNC(=O)C2CC(=O)O)n1. The van der Waals surface area contributed by atoms with Gasteiger partial charge in [0.2, 0.25) is 11.8 Å². The lowest BCUT2D eigenvalue weighted by atomic mass is 10.1. The highest BCUT2D eigenvalue weighted by Gasteiger charge is 2.31. The number of carboxylic acids is 1. The molecule has 1 unspecified atom stereocenters. The molecule has 7 heteroatoms. The molecule has 2 rings (SSSR count). The van der Waals surface area contributed by atoms with Gasteiger partial charge in [0.15, 0.2) is 0 Å². The zero-order chi connectivity index (χ0) is 14.5. The maximum Gasteiger partial charge on any atom is 0.305 e. The molecule has 1 saturated heterocycles. The minimum Gasteiger partial charge on any atom is -0.481 e. The average Bonchev–Trinajstić information content (AvgIpc) is 2.42. The van der Waals surface area contributed by atoms with E-state index < -0.39 is 12.0 Å². The molecule has 1 amide bonds. The fourth-order valence-electron chi connectivity index (χ4n) is 2.21. The third-order valence-corrected chi connectivity index (χ3v) is 3.17. The molecule has 2 heterocycles. The largest absolute Gasteiger partial charge is 0.481 e. The highest BCUT2D eigenvalue weighted by atomic mass is 16.5. The predicted octanol–water partition coefficient (Wildman–Crippen LogP) is -0.135. The van der Waals surface area contributed by atoms with E-state index in [1.54, 1.807) is 6.07 Å². The number of ether oxygens (including phenoxy) is 1. The van der Waals surface area contributed by atoms with Gasteiger partial charge < -0.3 is 15.2 Å². The maximum atomic E-state index is 11.8. The molecular weight excluding hydrogens is 262 g/mol. The van der Waals surface area contributed by atoms with Crippen molar-refractivity contribution in [3.63, 3.8) is 0 Å². The Kier molecular flexibility index (Phi) is 4.52. The van der Waals surface area contributed by atoms with Crippen LogP contribution in [-0.2, 0) is 16.1 Å². The van der Waals surface area contributed by atoms with Gasteiger partial charge in [0.05, 0.1) is 19.2 Å². The molecule has 2 N–H and O–H groups in total. The van der Waals surface area contributed by atoms with Crippen molar-refractivity contribution >= 4 is 11.9 Å². The maximum absolute atomic E-state index is 11.8. The van der Waals surface area contributed by atoms with Crippen molar-refractivity contribution in [2.75, 3.05) is 20.2 Å². The zero-order valence-electron chi connectivity index (χ0n) is 11.2. The Balaban J connectivity index is 2.11. The number of piperazine rings is 1. The quantitative estimate of drug-likeness (QED) is 0.780. The molecule has 0 radical (unpaired) electrons. The van der Waals surface area contributed by atoms with E-state index in [0.29, 0.717) is 25.5 Å². The summed E-state index contributed by atoms with van der Waals surface area (Å²) in [6.07, 6.45) is -0.212. The number of pyridine rings is 1. The molecule has 0 saturated carbocycles. The number of aromatic nitrogens is 1. The van der Waals surface area contributed by atoms with E-state index in [2.05, 4.69) is 10.3 Å². The van der Waals surface area contributed by atoms with Crippen molar-refractivity contribution in [2.45, 2.75) is 19.0 Å². The van der Waals surface area contributed by atoms with E-state index >= 15 is 0 Å². The third kappa shape index (κ3) is 3.45. The second-order valence-corrected chi connectivity index (χ2v) is 4.55. The Morgan fingerprint density at radius 3 is 3.10 bits per heavy atom. The van der Waals surface area contributed by atoms with Crippen molar-refractivity contribution in [1.82, 2.24) is 15.2 Å². The van der Waals surface area contributed by atoms with Crippen LogP contribution < -0.4 is 10.1 Å². The van der Waals surface area contributed by atoms with Crippen molar-refractivity contribution in [3.05, 3.63) is 23.9 Å². The van der Waals surface area contributed by atoms with Gasteiger partial charge in [-0.25, -0.2) is 4.98 Å². The molecule has 0 aliphatic carbocycles. The van der Waals surface area contributed by atoms with Gasteiger partial charge in [-0.3, -0.25) is 14.5 Å². The number of carbonyl (C=O) groups is 2. The predicted molar refractivity (Wildman–Crippen MR) is 70.2 cm³/mol. The summed E-state index contributed by atoms with van der Waals surface area (Å²) < 4.78 is 5.05. The van der Waals surface area contributed by atoms with Crippen LogP contribution in [0.3, 0.4) is 0 Å². The third-order valence-electron chi connectivity index (χ3n) is 3.17. The fraction of sp³-hybridized carbons (Fsp3) is 0.462. The topological polar surface area (TPSA) is 91.8 Å². The van der Waals surface area contributed by atoms with E-state index in [-0.39, 0.29) is 12.3 Å². The van der Waals surface area contributed by atoms with Crippen LogP contribution in [-0.4, -0.2) is 53.1 Å². The summed E-state index contributed by atoms with van der Waals surface area (Å²) in [6, 6.07) is 4.72. The highest BCUT2D eigenvalue weighted by molar-refractivity contribution is 5.86. The Labute approximate surface area is 116 Å². The Bertz CT molecular complexity index is 506. The standard InChI is InChI=1S/C13H17N3O4/c1-20-11-4-2-3-9(15-11)8-16-6-5-14-13(19)10(16)7-12(17)18/h2-4,10H,5-8H2,1H3,(H,14,19)(H,17,18). The van der Waals surface area contributed by atoms with Gasteiger partial charge in [-0.15, -0.1) is 0 Å². The number of hydrogen-bond donors (Lipinski definition) is 2. The van der Waals surface area contributed by atoms with Crippen LogP contribution >= 0.6 is 0 Å². The monoisotopic (exact) mass is 279 g/mol. The molecule has 1 aromatic heterocycles. The van der Waals surface area contributed by atoms with Gasteiger partial charge in [0, 0.05) is 25.7 Å². The Hall–Kier alpha value is -2.15. The first-order valence-corrected chi connectivity index (χ1v) is 6.33. The second-order valence-electron chi connectivity index (χ2n) is 4.55. The summed E-state index contributed by atoms with van der Waals surface area (Å²) in [7, 11) is 1.54. The molecule has 1 aromatic rings. The van der Waals surface area contributed by atoms with Crippen LogP contribution in [0.1, 0.15) is 12.1 Å².